The maximum absolute atomic E-state index is 5.79. The van der Waals surface area contributed by atoms with Crippen molar-refractivity contribution in [2.24, 2.45) is 0 Å². The molecule has 0 fully saturated rings. The van der Waals surface area contributed by atoms with E-state index in [1.165, 1.54) is 16.7 Å². The van der Waals surface area contributed by atoms with Gasteiger partial charge in [0, 0.05) is 35.4 Å². The summed E-state index contributed by atoms with van der Waals surface area (Å²) < 4.78 is 0. The molecule has 1 aromatic heterocycles. The van der Waals surface area contributed by atoms with Gasteiger partial charge < -0.3 is 11.1 Å². The Labute approximate surface area is 171 Å². The van der Waals surface area contributed by atoms with Gasteiger partial charge in [-0.05, 0) is 42.3 Å². The van der Waals surface area contributed by atoms with Gasteiger partial charge in [-0.3, -0.25) is 4.98 Å². The number of nitrogens with two attached hydrogens (primary N) is 1. The maximum Gasteiger partial charge on any atom is 0.0737 e. The number of hydrogen-bond acceptors (Lipinski definition) is 3. The van der Waals surface area contributed by atoms with Crippen LogP contribution in [-0.2, 0) is 13.1 Å². The van der Waals surface area contributed by atoms with Crippen molar-refractivity contribution in [1.29, 1.82) is 0 Å². The molecule has 4 aromatic rings. The maximum atomic E-state index is 5.79. The second kappa shape index (κ2) is 9.88. The molecule has 0 aliphatic heterocycles. The van der Waals surface area contributed by atoms with Crippen LogP contribution in [0, 0.1) is 6.92 Å². The predicted molar refractivity (Wildman–Crippen MR) is 119 cm³/mol. The van der Waals surface area contributed by atoms with E-state index in [-0.39, 0.29) is 0 Å². The molecule has 0 aliphatic carbocycles. The molecule has 0 spiro atoms. The van der Waals surface area contributed by atoms with Crippen molar-refractivity contribution in [2.75, 3.05) is 5.73 Å². The fraction of sp³-hybridized carbons (Fsp3) is 0.125. The number of nitrogen functional groups attached to an aromatic ring is 1. The standard InChI is InChI=1S/C15H17N.C9H7ClN2/c1-13-6-5-9-15(10-13)12-16-11-14-7-3-2-4-8-14;10-6-1-2-7-8(11)3-4-12-9(7)5-6/h2-10,16H,11-12H2,1H3;1-5H,(H2,11,12). The fourth-order valence-electron chi connectivity index (χ4n) is 2.91. The number of hydrogen-bond donors (Lipinski definition) is 2. The minimum Gasteiger partial charge on any atom is -0.398 e. The molecule has 0 amide bonds. The summed E-state index contributed by atoms with van der Waals surface area (Å²) in [6, 6.07) is 26.3. The van der Waals surface area contributed by atoms with Crippen molar-refractivity contribution in [3.05, 3.63) is 107 Å². The van der Waals surface area contributed by atoms with Gasteiger partial charge in [0.15, 0.2) is 0 Å². The second-order valence-corrected chi connectivity index (χ2v) is 7.08. The van der Waals surface area contributed by atoms with E-state index >= 15 is 0 Å². The highest BCUT2D eigenvalue weighted by molar-refractivity contribution is 6.31. The average Bonchev–Trinajstić information content (AvgIpc) is 2.69. The van der Waals surface area contributed by atoms with Crippen LogP contribution in [0.5, 0.6) is 0 Å². The summed E-state index contributed by atoms with van der Waals surface area (Å²) in [7, 11) is 0. The number of pyridine rings is 1. The molecule has 3 aromatic carbocycles. The molecule has 0 saturated carbocycles. The first-order chi connectivity index (χ1) is 13.6. The topological polar surface area (TPSA) is 50.9 Å². The van der Waals surface area contributed by atoms with Crippen LogP contribution in [0.2, 0.25) is 5.02 Å². The van der Waals surface area contributed by atoms with Gasteiger partial charge in [-0.15, -0.1) is 0 Å². The molecule has 1 heterocycles. The average molecular weight is 390 g/mol. The van der Waals surface area contributed by atoms with Gasteiger partial charge in [-0.25, -0.2) is 0 Å². The van der Waals surface area contributed by atoms with Crippen LogP contribution in [0.1, 0.15) is 16.7 Å². The summed E-state index contributed by atoms with van der Waals surface area (Å²) in [6.07, 6.45) is 1.67. The molecule has 4 heteroatoms. The Hall–Kier alpha value is -2.88. The number of anilines is 1. The van der Waals surface area contributed by atoms with Crippen molar-refractivity contribution < 1.29 is 0 Å². The van der Waals surface area contributed by atoms with Gasteiger partial charge in [0.2, 0.25) is 0 Å². The number of aryl methyl sites for hydroxylation is 1. The van der Waals surface area contributed by atoms with Gasteiger partial charge in [-0.2, -0.15) is 0 Å². The minimum atomic E-state index is 0.681. The van der Waals surface area contributed by atoms with Gasteiger partial charge in [0.1, 0.15) is 0 Å². The lowest BCUT2D eigenvalue weighted by Gasteiger charge is -2.05. The Kier molecular flexibility index (Phi) is 7.01. The van der Waals surface area contributed by atoms with Gasteiger partial charge in [0.05, 0.1) is 5.52 Å². The quantitative estimate of drug-likeness (QED) is 0.466. The summed E-state index contributed by atoms with van der Waals surface area (Å²) in [5.74, 6) is 0. The SMILES string of the molecule is Cc1cccc(CNCc2ccccc2)c1.Nc1ccnc2cc(Cl)ccc12. The summed E-state index contributed by atoms with van der Waals surface area (Å²) in [5, 5.41) is 5.07. The zero-order valence-electron chi connectivity index (χ0n) is 15.9. The molecule has 0 saturated heterocycles. The molecule has 0 aliphatic rings. The summed E-state index contributed by atoms with van der Waals surface area (Å²) in [6.45, 7) is 3.98. The molecule has 0 bridgehead atoms. The van der Waals surface area contributed by atoms with Gasteiger partial charge in [0.25, 0.3) is 0 Å². The third-order valence-corrected chi connectivity index (χ3v) is 4.56. The van der Waals surface area contributed by atoms with Crippen molar-refractivity contribution in [2.45, 2.75) is 20.0 Å². The second-order valence-electron chi connectivity index (χ2n) is 6.64. The first kappa shape index (κ1) is 19.9. The van der Waals surface area contributed by atoms with Gasteiger partial charge >= 0.3 is 0 Å². The van der Waals surface area contributed by atoms with E-state index < -0.39 is 0 Å². The van der Waals surface area contributed by atoms with E-state index in [0.717, 1.165) is 29.7 Å². The van der Waals surface area contributed by atoms with E-state index in [9.17, 15) is 0 Å². The van der Waals surface area contributed by atoms with E-state index in [1.807, 2.05) is 18.2 Å². The lowest BCUT2D eigenvalue weighted by molar-refractivity contribution is 0.693. The van der Waals surface area contributed by atoms with Crippen molar-refractivity contribution in [3.63, 3.8) is 0 Å². The lowest BCUT2D eigenvalue weighted by Crippen LogP contribution is -2.12. The van der Waals surface area contributed by atoms with Crippen LogP contribution < -0.4 is 11.1 Å². The summed E-state index contributed by atoms with van der Waals surface area (Å²) >= 11 is 5.79. The number of rotatable bonds is 4. The smallest absolute Gasteiger partial charge is 0.0737 e. The number of aromatic nitrogens is 1. The van der Waals surface area contributed by atoms with Crippen molar-refractivity contribution in [1.82, 2.24) is 10.3 Å². The van der Waals surface area contributed by atoms with E-state index in [1.54, 1.807) is 18.3 Å². The monoisotopic (exact) mass is 389 g/mol. The molecule has 0 atom stereocenters. The summed E-state index contributed by atoms with van der Waals surface area (Å²) in [5.41, 5.74) is 11.3. The molecule has 3 nitrogen and oxygen atoms in total. The number of fused-ring (bicyclic) bond motifs is 1. The molecule has 0 unspecified atom stereocenters. The third kappa shape index (κ3) is 5.81. The fourth-order valence-corrected chi connectivity index (χ4v) is 3.08. The molecular weight excluding hydrogens is 366 g/mol. The molecule has 4 rings (SSSR count). The largest absolute Gasteiger partial charge is 0.398 e. The van der Waals surface area contributed by atoms with E-state index in [2.05, 4.69) is 65.8 Å². The van der Waals surface area contributed by atoms with Crippen LogP contribution >= 0.6 is 11.6 Å². The molecule has 142 valence electrons. The highest BCUT2D eigenvalue weighted by Gasteiger charge is 1.98. The predicted octanol–water partition coefficient (Wildman–Crippen LogP) is 5.76. The summed E-state index contributed by atoms with van der Waals surface area (Å²) in [4.78, 5) is 4.14. The Morgan fingerprint density at radius 1 is 0.857 bits per heavy atom. The molecule has 0 radical (unpaired) electrons. The number of nitrogens with zero attached hydrogens (tertiary/aromatic N) is 1. The number of benzene rings is 3. The normalized spacial score (nSPS) is 10.4. The Balaban J connectivity index is 0.000000167. The highest BCUT2D eigenvalue weighted by Crippen LogP contribution is 2.21. The Morgan fingerprint density at radius 3 is 2.39 bits per heavy atom. The van der Waals surface area contributed by atoms with E-state index in [4.69, 9.17) is 17.3 Å². The van der Waals surface area contributed by atoms with Crippen molar-refractivity contribution in [3.8, 4) is 0 Å². The number of nitrogens with one attached hydrogen (secondary N) is 1. The molecule has 3 N–H and O–H groups in total. The van der Waals surface area contributed by atoms with Crippen LogP contribution in [0.4, 0.5) is 5.69 Å². The Morgan fingerprint density at radius 2 is 1.61 bits per heavy atom. The van der Waals surface area contributed by atoms with Crippen LogP contribution in [0.25, 0.3) is 10.9 Å². The van der Waals surface area contributed by atoms with Crippen LogP contribution in [-0.4, -0.2) is 4.98 Å². The van der Waals surface area contributed by atoms with Crippen LogP contribution in [0.3, 0.4) is 0 Å². The molecule has 28 heavy (non-hydrogen) atoms. The molecular formula is C24H24ClN3. The first-order valence-corrected chi connectivity index (χ1v) is 9.59. The number of halogens is 1. The lowest BCUT2D eigenvalue weighted by atomic mass is 10.1. The Bertz CT molecular complexity index is 1030. The third-order valence-electron chi connectivity index (χ3n) is 4.32. The van der Waals surface area contributed by atoms with Crippen LogP contribution in [0.15, 0.2) is 85.1 Å². The van der Waals surface area contributed by atoms with Gasteiger partial charge in [-0.1, -0.05) is 71.8 Å². The highest BCUT2D eigenvalue weighted by atomic mass is 35.5. The first-order valence-electron chi connectivity index (χ1n) is 9.22. The minimum absolute atomic E-state index is 0.681. The van der Waals surface area contributed by atoms with Crippen molar-refractivity contribution >= 4 is 28.2 Å². The zero-order valence-corrected chi connectivity index (χ0v) is 16.7. The van der Waals surface area contributed by atoms with E-state index in [0.29, 0.717) is 5.02 Å². The zero-order chi connectivity index (χ0) is 19.8.